The number of aromatic nitrogens is 2. The third-order valence-corrected chi connectivity index (χ3v) is 3.49. The van der Waals surface area contributed by atoms with Gasteiger partial charge in [-0.15, -0.1) is 0 Å². The Morgan fingerprint density at radius 1 is 1.27 bits per heavy atom. The predicted octanol–water partition coefficient (Wildman–Crippen LogP) is -0.274. The molecule has 0 bridgehead atoms. The van der Waals surface area contributed by atoms with Gasteiger partial charge in [-0.2, -0.15) is 5.10 Å². The fraction of sp³-hybridized carbons (Fsp3) is 0.312. The maximum absolute atomic E-state index is 11.3. The topological polar surface area (TPSA) is 68.5 Å². The smallest absolute Gasteiger partial charge is 0.270 e. The van der Waals surface area contributed by atoms with Crippen molar-refractivity contribution in [1.29, 1.82) is 0 Å². The second-order valence-corrected chi connectivity index (χ2v) is 5.02. The molecule has 6 nitrogen and oxygen atoms in total. The summed E-state index contributed by atoms with van der Waals surface area (Å²) in [5.74, 6) is -0.196. The van der Waals surface area contributed by atoms with Crippen LogP contribution in [0.4, 0.5) is 0 Å². The first-order valence-corrected chi connectivity index (χ1v) is 7.27. The van der Waals surface area contributed by atoms with E-state index in [-0.39, 0.29) is 5.91 Å². The molecule has 114 valence electrons. The Labute approximate surface area is 128 Å². The number of fused-ring (bicyclic) bond motifs is 1. The molecule has 0 spiro atoms. The third-order valence-electron chi connectivity index (χ3n) is 3.49. The first-order valence-electron chi connectivity index (χ1n) is 7.27. The molecular weight excluding hydrogens is 280 g/mol. The molecule has 0 atom stereocenters. The quantitative estimate of drug-likeness (QED) is 0.714. The number of hydrogen-bond acceptors (Lipinski definition) is 4. The summed E-state index contributed by atoms with van der Waals surface area (Å²) >= 11 is 0. The lowest BCUT2D eigenvalue weighted by atomic mass is 10.1. The van der Waals surface area contributed by atoms with Crippen LogP contribution in [0.15, 0.2) is 35.5 Å². The van der Waals surface area contributed by atoms with Gasteiger partial charge in [0, 0.05) is 29.6 Å². The molecule has 1 aliphatic rings. The minimum atomic E-state index is -0.196. The molecule has 0 unspecified atom stereocenters. The molecule has 0 fully saturated rings. The van der Waals surface area contributed by atoms with Gasteiger partial charge in [0.15, 0.2) is 0 Å². The van der Waals surface area contributed by atoms with Gasteiger partial charge in [-0.25, -0.2) is 4.99 Å². The van der Waals surface area contributed by atoms with Crippen LogP contribution >= 0.6 is 0 Å². The van der Waals surface area contributed by atoms with Gasteiger partial charge in [-0.1, -0.05) is 6.07 Å². The molecule has 2 aromatic rings. The van der Waals surface area contributed by atoms with E-state index in [4.69, 9.17) is 4.74 Å². The minimum Gasteiger partial charge on any atom is -0.378 e. The Morgan fingerprint density at radius 2 is 2.18 bits per heavy atom. The van der Waals surface area contributed by atoms with Crippen LogP contribution in [0.2, 0.25) is 0 Å². The highest BCUT2D eigenvalue weighted by molar-refractivity contribution is 6.06. The number of carbonyl (C=O) groups excluding carboxylic acids is 1. The molecule has 0 saturated carbocycles. The Kier molecular flexibility index (Phi) is 4.41. The fourth-order valence-electron chi connectivity index (χ4n) is 2.40. The van der Waals surface area contributed by atoms with Crippen LogP contribution in [-0.2, 0) is 16.1 Å². The number of ether oxygens (including phenoxy) is 1. The van der Waals surface area contributed by atoms with E-state index < -0.39 is 0 Å². The monoisotopic (exact) mass is 298 g/mol. The molecule has 1 aliphatic heterocycles. The predicted molar refractivity (Wildman–Crippen MR) is 82.7 cm³/mol. The maximum atomic E-state index is 11.3. The number of carbonyl (C=O) groups is 1. The van der Waals surface area contributed by atoms with Crippen molar-refractivity contribution in [3.8, 4) is 11.3 Å². The van der Waals surface area contributed by atoms with Gasteiger partial charge in [0.25, 0.3) is 5.91 Å². The minimum absolute atomic E-state index is 0.196. The highest BCUT2D eigenvalue weighted by atomic mass is 16.5. The number of benzene rings is 1. The summed E-state index contributed by atoms with van der Waals surface area (Å²) < 4.78 is 7.45. The van der Waals surface area contributed by atoms with E-state index in [1.54, 1.807) is 12.3 Å². The summed E-state index contributed by atoms with van der Waals surface area (Å²) in [4.78, 5) is 15.3. The van der Waals surface area contributed by atoms with E-state index in [2.05, 4.69) is 15.4 Å². The molecule has 6 heteroatoms. The van der Waals surface area contributed by atoms with E-state index in [1.807, 2.05) is 36.0 Å². The molecule has 0 aliphatic carbocycles. The van der Waals surface area contributed by atoms with Gasteiger partial charge in [-0.3, -0.25) is 9.48 Å². The fourth-order valence-corrected chi connectivity index (χ4v) is 2.40. The van der Waals surface area contributed by atoms with Crippen molar-refractivity contribution in [2.75, 3.05) is 26.8 Å². The zero-order valence-electron chi connectivity index (χ0n) is 12.5. The summed E-state index contributed by atoms with van der Waals surface area (Å²) in [5, 5.41) is 8.97. The number of likely N-dealkylation sites (N-methyl/N-ethyl adjacent to an activating group) is 1. The Balaban J connectivity index is 1.76. The van der Waals surface area contributed by atoms with Crippen LogP contribution in [0.1, 0.15) is 0 Å². The number of amides is 1. The second-order valence-electron chi connectivity index (χ2n) is 5.02. The van der Waals surface area contributed by atoms with Crippen molar-refractivity contribution in [3.05, 3.63) is 41.0 Å². The van der Waals surface area contributed by atoms with Gasteiger partial charge in [0.05, 0.1) is 30.8 Å². The summed E-state index contributed by atoms with van der Waals surface area (Å²) in [6, 6.07) is 7.76. The number of nitrogens with zero attached hydrogens (tertiary/aromatic N) is 3. The third kappa shape index (κ3) is 3.13. The molecule has 0 saturated heterocycles. The number of hydrogen-bond donors (Lipinski definition) is 1. The molecule has 2 heterocycles. The SMILES string of the molecule is CNCCOCCn1nccc1-c1ccc2c(c1)=CC(=O)N=2. The van der Waals surface area contributed by atoms with Crippen molar-refractivity contribution in [2.45, 2.75) is 6.54 Å². The lowest BCUT2D eigenvalue weighted by Crippen LogP contribution is -2.21. The zero-order valence-corrected chi connectivity index (χ0v) is 12.5. The maximum Gasteiger partial charge on any atom is 0.270 e. The first kappa shape index (κ1) is 14.6. The van der Waals surface area contributed by atoms with Crippen molar-refractivity contribution >= 4 is 12.0 Å². The Hall–Kier alpha value is -2.31. The normalized spacial score (nSPS) is 12.9. The van der Waals surface area contributed by atoms with Crippen LogP contribution in [0.5, 0.6) is 0 Å². The molecule has 1 N–H and O–H groups in total. The lowest BCUT2D eigenvalue weighted by Gasteiger charge is -2.08. The van der Waals surface area contributed by atoms with E-state index in [1.165, 1.54) is 0 Å². The van der Waals surface area contributed by atoms with Crippen molar-refractivity contribution in [1.82, 2.24) is 15.1 Å². The highest BCUT2D eigenvalue weighted by Gasteiger charge is 2.08. The van der Waals surface area contributed by atoms with Crippen LogP contribution in [0.3, 0.4) is 0 Å². The van der Waals surface area contributed by atoms with Crippen molar-refractivity contribution in [3.63, 3.8) is 0 Å². The molecule has 0 radical (unpaired) electrons. The molecule has 1 aromatic heterocycles. The second kappa shape index (κ2) is 6.64. The van der Waals surface area contributed by atoms with Crippen LogP contribution < -0.4 is 15.9 Å². The van der Waals surface area contributed by atoms with Crippen molar-refractivity contribution in [2.24, 2.45) is 4.99 Å². The molecular formula is C16H18N4O2. The van der Waals surface area contributed by atoms with Gasteiger partial charge in [-0.05, 0) is 25.2 Å². The largest absolute Gasteiger partial charge is 0.378 e. The van der Waals surface area contributed by atoms with Gasteiger partial charge < -0.3 is 10.1 Å². The molecule has 22 heavy (non-hydrogen) atoms. The summed E-state index contributed by atoms with van der Waals surface area (Å²) in [6.45, 7) is 2.83. The van der Waals surface area contributed by atoms with E-state index >= 15 is 0 Å². The average Bonchev–Trinajstić information content (AvgIpc) is 3.11. The Bertz CT molecular complexity index is 795. The summed E-state index contributed by atoms with van der Waals surface area (Å²) in [5.41, 5.74) is 2.03. The average molecular weight is 298 g/mol. The van der Waals surface area contributed by atoms with Crippen LogP contribution in [0, 0.1) is 0 Å². The molecule has 1 aromatic carbocycles. The van der Waals surface area contributed by atoms with E-state index in [0.717, 1.165) is 28.4 Å². The van der Waals surface area contributed by atoms with Gasteiger partial charge in [0.1, 0.15) is 0 Å². The molecule has 1 amide bonds. The highest BCUT2D eigenvalue weighted by Crippen LogP contribution is 2.16. The van der Waals surface area contributed by atoms with E-state index in [9.17, 15) is 4.79 Å². The summed E-state index contributed by atoms with van der Waals surface area (Å²) in [6.07, 6.45) is 3.33. The molecule has 3 rings (SSSR count). The van der Waals surface area contributed by atoms with Crippen molar-refractivity contribution < 1.29 is 9.53 Å². The number of rotatable bonds is 7. The van der Waals surface area contributed by atoms with Crippen LogP contribution in [-0.4, -0.2) is 42.5 Å². The van der Waals surface area contributed by atoms with Gasteiger partial charge >= 0.3 is 0 Å². The lowest BCUT2D eigenvalue weighted by molar-refractivity contribution is -0.112. The first-order chi connectivity index (χ1) is 10.8. The Morgan fingerprint density at radius 3 is 3.05 bits per heavy atom. The standard InChI is InChI=1S/C16H18N4O2/c1-17-6-8-22-9-7-20-15(4-5-18-20)12-2-3-14-13(10-12)11-16(21)19-14/h2-5,10-11,17H,6-9H2,1H3. The summed E-state index contributed by atoms with van der Waals surface area (Å²) in [7, 11) is 1.90. The van der Waals surface area contributed by atoms with Gasteiger partial charge in [0.2, 0.25) is 0 Å². The zero-order chi connectivity index (χ0) is 15.4. The number of nitrogens with one attached hydrogen (secondary N) is 1. The van der Waals surface area contributed by atoms with Crippen LogP contribution in [0.25, 0.3) is 17.3 Å². The van der Waals surface area contributed by atoms with E-state index in [0.29, 0.717) is 19.8 Å².